The molecule has 0 saturated heterocycles. The summed E-state index contributed by atoms with van der Waals surface area (Å²) < 4.78 is 6.26. The first-order valence-corrected chi connectivity index (χ1v) is 8.19. The van der Waals surface area contributed by atoms with Crippen molar-refractivity contribution in [1.29, 1.82) is 0 Å². The zero-order valence-electron chi connectivity index (χ0n) is 13.4. The van der Waals surface area contributed by atoms with Crippen molar-refractivity contribution in [2.45, 2.75) is 6.92 Å². The van der Waals surface area contributed by atoms with Gasteiger partial charge in [0.05, 0.1) is 23.0 Å². The number of rotatable bonds is 5. The summed E-state index contributed by atoms with van der Waals surface area (Å²) in [5, 5.41) is 9.15. The van der Waals surface area contributed by atoms with Crippen molar-refractivity contribution in [3.05, 3.63) is 42.5 Å². The Morgan fingerprint density at radius 2 is 1.91 bits per heavy atom. The van der Waals surface area contributed by atoms with E-state index in [1.807, 2.05) is 42.5 Å². The van der Waals surface area contributed by atoms with Crippen molar-refractivity contribution in [1.82, 2.24) is 4.98 Å². The maximum atomic E-state index is 5.22. The summed E-state index contributed by atoms with van der Waals surface area (Å²) in [6, 6.07) is 13.8. The maximum absolute atomic E-state index is 5.22. The number of methoxy groups -OCH3 is 1. The van der Waals surface area contributed by atoms with E-state index in [0.717, 1.165) is 28.2 Å². The van der Waals surface area contributed by atoms with E-state index in [2.05, 4.69) is 34.1 Å². The molecule has 0 amide bonds. The van der Waals surface area contributed by atoms with Gasteiger partial charge in [0.15, 0.2) is 0 Å². The zero-order chi connectivity index (χ0) is 16.2. The van der Waals surface area contributed by atoms with Crippen LogP contribution in [0.5, 0.6) is 5.75 Å². The minimum absolute atomic E-state index is 0.642. The molecule has 0 fully saturated rings. The number of ether oxygens (including phenoxy) is 1. The molecule has 5 nitrogen and oxygen atoms in total. The number of hydrogen-bond acceptors (Lipinski definition) is 6. The third-order valence-electron chi connectivity index (χ3n) is 3.60. The Balaban J connectivity index is 1.79. The van der Waals surface area contributed by atoms with Gasteiger partial charge >= 0.3 is 0 Å². The third kappa shape index (κ3) is 3.48. The van der Waals surface area contributed by atoms with Gasteiger partial charge in [-0.15, -0.1) is 10.2 Å². The fourth-order valence-electron chi connectivity index (χ4n) is 2.12. The molecule has 2 aromatic carbocycles. The minimum Gasteiger partial charge on any atom is -0.497 e. The Hall–Kier alpha value is -2.47. The first kappa shape index (κ1) is 15.4. The first-order chi connectivity index (χ1) is 11.2. The summed E-state index contributed by atoms with van der Waals surface area (Å²) in [5.74, 6) is 0.820. The third-order valence-corrected chi connectivity index (χ3v) is 4.50. The Morgan fingerprint density at radius 1 is 1.13 bits per heavy atom. The number of nitrogens with zero attached hydrogens (tertiary/aromatic N) is 4. The van der Waals surface area contributed by atoms with Crippen LogP contribution < -0.4 is 9.64 Å². The maximum Gasteiger partial charge on any atom is 0.231 e. The minimum atomic E-state index is 0.642. The predicted octanol–water partition coefficient (Wildman–Crippen LogP) is 5.18. The standard InChI is InChI=1S/C17H18N4OS/c1-4-21(2)13-7-5-12(6-8-13)19-20-17-18-15-10-9-14(22-3)11-16(15)23-17/h5-11H,4H2,1-3H3. The van der Waals surface area contributed by atoms with Gasteiger partial charge in [-0.25, -0.2) is 4.98 Å². The van der Waals surface area contributed by atoms with Crippen molar-refractivity contribution in [3.8, 4) is 5.75 Å². The predicted molar refractivity (Wildman–Crippen MR) is 95.7 cm³/mol. The van der Waals surface area contributed by atoms with E-state index in [0.29, 0.717) is 5.13 Å². The van der Waals surface area contributed by atoms with Crippen LogP contribution in [-0.2, 0) is 0 Å². The van der Waals surface area contributed by atoms with Crippen LogP contribution in [0.2, 0.25) is 0 Å². The lowest BCUT2D eigenvalue weighted by molar-refractivity contribution is 0.415. The van der Waals surface area contributed by atoms with Gasteiger partial charge < -0.3 is 9.64 Å². The van der Waals surface area contributed by atoms with Gasteiger partial charge in [-0.05, 0) is 49.4 Å². The van der Waals surface area contributed by atoms with Gasteiger partial charge in [0.25, 0.3) is 0 Å². The molecule has 0 N–H and O–H groups in total. The quantitative estimate of drug-likeness (QED) is 0.607. The van der Waals surface area contributed by atoms with Crippen LogP contribution >= 0.6 is 11.3 Å². The van der Waals surface area contributed by atoms with Crippen LogP contribution in [-0.4, -0.2) is 25.7 Å². The lowest BCUT2D eigenvalue weighted by Gasteiger charge is -2.16. The molecule has 0 saturated carbocycles. The Bertz CT molecular complexity index is 826. The van der Waals surface area contributed by atoms with Crippen molar-refractivity contribution in [2.75, 3.05) is 25.6 Å². The number of aromatic nitrogens is 1. The Labute approximate surface area is 139 Å². The molecule has 0 aliphatic rings. The fraction of sp³-hybridized carbons (Fsp3) is 0.235. The van der Waals surface area contributed by atoms with Gasteiger partial charge in [0, 0.05) is 19.3 Å². The summed E-state index contributed by atoms with van der Waals surface area (Å²) >= 11 is 1.50. The molecule has 0 unspecified atom stereocenters. The molecule has 0 spiro atoms. The molecule has 1 aromatic heterocycles. The topological polar surface area (TPSA) is 50.1 Å². The van der Waals surface area contributed by atoms with E-state index in [-0.39, 0.29) is 0 Å². The first-order valence-electron chi connectivity index (χ1n) is 7.37. The zero-order valence-corrected chi connectivity index (χ0v) is 14.2. The number of azo groups is 1. The molecule has 6 heteroatoms. The van der Waals surface area contributed by atoms with Crippen LogP contribution in [0.1, 0.15) is 6.92 Å². The Morgan fingerprint density at radius 3 is 2.61 bits per heavy atom. The van der Waals surface area contributed by atoms with Crippen molar-refractivity contribution in [2.24, 2.45) is 10.2 Å². The normalized spacial score (nSPS) is 11.3. The van der Waals surface area contributed by atoms with E-state index in [4.69, 9.17) is 4.74 Å². The van der Waals surface area contributed by atoms with Gasteiger partial charge in [0.2, 0.25) is 5.13 Å². The van der Waals surface area contributed by atoms with Crippen molar-refractivity contribution in [3.63, 3.8) is 0 Å². The number of hydrogen-bond donors (Lipinski definition) is 0. The lowest BCUT2D eigenvalue weighted by atomic mass is 10.2. The molecule has 3 aromatic rings. The van der Waals surface area contributed by atoms with E-state index >= 15 is 0 Å². The summed E-state index contributed by atoms with van der Waals surface area (Å²) in [5.41, 5.74) is 2.89. The SMILES string of the molecule is CCN(C)c1ccc(N=Nc2nc3ccc(OC)cc3s2)cc1. The van der Waals surface area contributed by atoms with Crippen LogP contribution in [0.25, 0.3) is 10.2 Å². The molecule has 23 heavy (non-hydrogen) atoms. The molecule has 0 aliphatic carbocycles. The van der Waals surface area contributed by atoms with Gasteiger partial charge in [-0.1, -0.05) is 11.3 Å². The summed E-state index contributed by atoms with van der Waals surface area (Å²) in [6.45, 7) is 3.09. The number of benzene rings is 2. The van der Waals surface area contributed by atoms with E-state index in [9.17, 15) is 0 Å². The highest BCUT2D eigenvalue weighted by Gasteiger charge is 2.04. The molecule has 0 atom stereocenters. The second kappa shape index (κ2) is 6.75. The summed E-state index contributed by atoms with van der Waals surface area (Å²) in [4.78, 5) is 6.63. The average Bonchev–Trinajstić information content (AvgIpc) is 3.01. The lowest BCUT2D eigenvalue weighted by Crippen LogP contribution is -2.15. The molecule has 1 heterocycles. The molecule has 0 bridgehead atoms. The molecule has 3 rings (SSSR count). The van der Waals surface area contributed by atoms with Gasteiger partial charge in [0.1, 0.15) is 5.75 Å². The second-order valence-corrected chi connectivity index (χ2v) is 6.07. The van der Waals surface area contributed by atoms with Crippen molar-refractivity contribution < 1.29 is 4.74 Å². The fourth-order valence-corrected chi connectivity index (χ4v) is 2.94. The van der Waals surface area contributed by atoms with E-state index < -0.39 is 0 Å². The van der Waals surface area contributed by atoms with Crippen LogP contribution in [0.3, 0.4) is 0 Å². The number of fused-ring (bicyclic) bond motifs is 1. The highest BCUT2D eigenvalue weighted by Crippen LogP contribution is 2.31. The second-order valence-electron chi connectivity index (χ2n) is 5.06. The smallest absolute Gasteiger partial charge is 0.231 e. The summed E-state index contributed by atoms with van der Waals surface area (Å²) in [6.07, 6.45) is 0. The van der Waals surface area contributed by atoms with Crippen molar-refractivity contribution >= 4 is 38.1 Å². The van der Waals surface area contributed by atoms with Gasteiger partial charge in [-0.2, -0.15) is 0 Å². The van der Waals surface area contributed by atoms with E-state index in [1.165, 1.54) is 17.0 Å². The number of anilines is 1. The number of thiazole rings is 1. The summed E-state index contributed by atoms with van der Waals surface area (Å²) in [7, 11) is 3.72. The van der Waals surface area contributed by atoms with E-state index in [1.54, 1.807) is 7.11 Å². The van der Waals surface area contributed by atoms with Crippen LogP contribution in [0.15, 0.2) is 52.7 Å². The highest BCUT2D eigenvalue weighted by atomic mass is 32.1. The molecule has 118 valence electrons. The Kier molecular flexibility index (Phi) is 4.52. The molecular formula is C17H18N4OS. The van der Waals surface area contributed by atoms with Gasteiger partial charge in [-0.3, -0.25) is 0 Å². The van der Waals surface area contributed by atoms with Crippen LogP contribution in [0, 0.1) is 0 Å². The largest absolute Gasteiger partial charge is 0.497 e. The highest BCUT2D eigenvalue weighted by molar-refractivity contribution is 7.21. The molecule has 0 radical (unpaired) electrons. The molecule has 0 aliphatic heterocycles. The monoisotopic (exact) mass is 326 g/mol. The average molecular weight is 326 g/mol. The van der Waals surface area contributed by atoms with Crippen LogP contribution in [0.4, 0.5) is 16.5 Å². The molecular weight excluding hydrogens is 308 g/mol.